The number of hydrazone groups is 1. The van der Waals surface area contributed by atoms with Crippen LogP contribution in [0.3, 0.4) is 0 Å². The van der Waals surface area contributed by atoms with Crippen LogP contribution in [-0.4, -0.2) is 31.4 Å². The van der Waals surface area contributed by atoms with E-state index in [0.29, 0.717) is 24.7 Å². The second-order valence-corrected chi connectivity index (χ2v) is 7.26. The summed E-state index contributed by atoms with van der Waals surface area (Å²) in [6.07, 6.45) is 2.69. The molecule has 0 saturated carbocycles. The van der Waals surface area contributed by atoms with Crippen LogP contribution < -0.4 is 19.6 Å². The molecule has 0 fully saturated rings. The first kappa shape index (κ1) is 22.7. The van der Waals surface area contributed by atoms with Gasteiger partial charge in [0.05, 0.1) is 19.4 Å². The summed E-state index contributed by atoms with van der Waals surface area (Å²) in [6, 6.07) is 12.8. The molecule has 1 amide bonds. The first-order valence-corrected chi connectivity index (χ1v) is 10.5. The minimum absolute atomic E-state index is 0.344. The second-order valence-electron chi connectivity index (χ2n) is 6.34. The Morgan fingerprint density at radius 2 is 1.72 bits per heavy atom. The molecule has 1 N–H and O–H groups in total. The van der Waals surface area contributed by atoms with Gasteiger partial charge in [-0.15, -0.1) is 0 Å². The van der Waals surface area contributed by atoms with Crippen molar-refractivity contribution in [2.45, 2.75) is 39.7 Å². The fourth-order valence-electron chi connectivity index (χ4n) is 2.30. The zero-order chi connectivity index (χ0) is 21.1. The highest BCUT2D eigenvalue weighted by Gasteiger charge is 2.14. The number of benzene rings is 2. The number of hydrogen-bond acceptors (Lipinski definition) is 5. The van der Waals surface area contributed by atoms with E-state index in [4.69, 9.17) is 14.2 Å². The molecule has 0 heterocycles. The maximum absolute atomic E-state index is 12.2. The summed E-state index contributed by atoms with van der Waals surface area (Å²) in [5, 5.41) is 4.05. The van der Waals surface area contributed by atoms with Gasteiger partial charge in [0.15, 0.2) is 6.10 Å². The van der Waals surface area contributed by atoms with Crippen molar-refractivity contribution in [3.63, 3.8) is 0 Å². The molecule has 0 aliphatic heterocycles. The molecule has 156 valence electrons. The number of ether oxygens (including phenoxy) is 3. The largest absolute Gasteiger partial charge is 0.493 e. The highest BCUT2D eigenvalue weighted by Crippen LogP contribution is 2.24. The fourth-order valence-corrected chi connectivity index (χ4v) is 2.56. The van der Waals surface area contributed by atoms with Crippen molar-refractivity contribution in [2.24, 2.45) is 5.10 Å². The molecular weight excluding hydrogens is 436 g/mol. The second kappa shape index (κ2) is 12.1. The first-order valence-electron chi connectivity index (χ1n) is 9.68. The zero-order valence-electron chi connectivity index (χ0n) is 17.0. The molecule has 0 radical (unpaired) electrons. The Balaban J connectivity index is 1.97. The van der Waals surface area contributed by atoms with Crippen molar-refractivity contribution in [1.29, 1.82) is 0 Å². The van der Waals surface area contributed by atoms with Gasteiger partial charge in [-0.1, -0.05) is 29.8 Å². The topological polar surface area (TPSA) is 69.2 Å². The number of amides is 1. The van der Waals surface area contributed by atoms with E-state index in [1.807, 2.05) is 37.3 Å². The number of nitrogens with one attached hydrogen (secondary N) is 1. The van der Waals surface area contributed by atoms with Crippen LogP contribution >= 0.6 is 15.9 Å². The van der Waals surface area contributed by atoms with Gasteiger partial charge in [0.1, 0.15) is 17.2 Å². The summed E-state index contributed by atoms with van der Waals surface area (Å²) in [4.78, 5) is 12.2. The Morgan fingerprint density at radius 1 is 1.07 bits per heavy atom. The average Bonchev–Trinajstić information content (AvgIpc) is 2.73. The van der Waals surface area contributed by atoms with Gasteiger partial charge in [-0.3, -0.25) is 4.79 Å². The zero-order valence-corrected chi connectivity index (χ0v) is 18.6. The van der Waals surface area contributed by atoms with Crippen LogP contribution in [0.15, 0.2) is 52.0 Å². The Hall–Kier alpha value is -2.54. The summed E-state index contributed by atoms with van der Waals surface area (Å²) >= 11 is 3.36. The van der Waals surface area contributed by atoms with Crippen molar-refractivity contribution >= 4 is 28.1 Å². The SMILES string of the molecule is CCCOc1ccc(C=NNC(=O)C(C)Oc2ccc(Br)cc2)c(OCCC)c1. The van der Waals surface area contributed by atoms with Gasteiger partial charge < -0.3 is 14.2 Å². The number of nitrogens with zero attached hydrogens (tertiary/aromatic N) is 1. The monoisotopic (exact) mass is 462 g/mol. The lowest BCUT2D eigenvalue weighted by Gasteiger charge is -2.13. The van der Waals surface area contributed by atoms with Crippen LogP contribution in [0.2, 0.25) is 0 Å². The first-order chi connectivity index (χ1) is 14.0. The van der Waals surface area contributed by atoms with E-state index in [0.717, 1.165) is 28.6 Å². The van der Waals surface area contributed by atoms with E-state index < -0.39 is 6.10 Å². The Morgan fingerprint density at radius 3 is 2.41 bits per heavy atom. The van der Waals surface area contributed by atoms with Gasteiger partial charge in [0.25, 0.3) is 5.91 Å². The quantitative estimate of drug-likeness (QED) is 0.379. The van der Waals surface area contributed by atoms with Crippen molar-refractivity contribution in [3.8, 4) is 17.2 Å². The molecule has 2 aromatic carbocycles. The molecule has 6 nitrogen and oxygen atoms in total. The third-order valence-corrected chi connectivity index (χ3v) is 4.32. The number of rotatable bonds is 11. The Kier molecular flexibility index (Phi) is 9.50. The molecule has 29 heavy (non-hydrogen) atoms. The third kappa shape index (κ3) is 7.77. The molecule has 0 aliphatic rings. The predicted molar refractivity (Wildman–Crippen MR) is 118 cm³/mol. The van der Waals surface area contributed by atoms with Crippen LogP contribution in [0, 0.1) is 0 Å². The molecule has 7 heteroatoms. The smallest absolute Gasteiger partial charge is 0.280 e. The van der Waals surface area contributed by atoms with Crippen LogP contribution in [0.4, 0.5) is 0 Å². The van der Waals surface area contributed by atoms with E-state index in [2.05, 4.69) is 33.4 Å². The maximum Gasteiger partial charge on any atom is 0.280 e. The summed E-state index contributed by atoms with van der Waals surface area (Å²) < 4.78 is 18.0. The van der Waals surface area contributed by atoms with Crippen LogP contribution in [0.5, 0.6) is 17.2 Å². The van der Waals surface area contributed by atoms with Crippen molar-refractivity contribution in [3.05, 3.63) is 52.5 Å². The summed E-state index contributed by atoms with van der Waals surface area (Å²) in [5.41, 5.74) is 3.26. The van der Waals surface area contributed by atoms with E-state index in [1.54, 1.807) is 25.3 Å². The Labute approximate surface area is 180 Å². The molecule has 2 aromatic rings. The van der Waals surface area contributed by atoms with E-state index in [9.17, 15) is 4.79 Å². The van der Waals surface area contributed by atoms with Crippen LogP contribution in [0.25, 0.3) is 0 Å². The van der Waals surface area contributed by atoms with Gasteiger partial charge in [-0.05, 0) is 56.2 Å². The standard InChI is InChI=1S/C22H27BrN2O4/c1-4-12-27-20-9-6-17(21(14-20)28-13-5-2)15-24-25-22(26)16(3)29-19-10-7-18(23)8-11-19/h6-11,14-16H,4-5,12-13H2,1-3H3,(H,25,26). The lowest BCUT2D eigenvalue weighted by Crippen LogP contribution is -2.33. The molecule has 1 atom stereocenters. The molecule has 0 aliphatic carbocycles. The van der Waals surface area contributed by atoms with E-state index >= 15 is 0 Å². The van der Waals surface area contributed by atoms with Crippen LogP contribution in [0.1, 0.15) is 39.2 Å². The van der Waals surface area contributed by atoms with Crippen molar-refractivity contribution in [1.82, 2.24) is 5.43 Å². The summed E-state index contributed by atoms with van der Waals surface area (Å²) in [7, 11) is 0. The number of carbonyl (C=O) groups excluding carboxylic acids is 1. The summed E-state index contributed by atoms with van der Waals surface area (Å²) in [5.74, 6) is 1.68. The van der Waals surface area contributed by atoms with E-state index in [-0.39, 0.29) is 5.91 Å². The van der Waals surface area contributed by atoms with Gasteiger partial charge in [-0.2, -0.15) is 5.10 Å². The fraction of sp³-hybridized carbons (Fsp3) is 0.364. The molecule has 0 bridgehead atoms. The number of halogens is 1. The molecule has 0 spiro atoms. The van der Waals surface area contributed by atoms with Crippen molar-refractivity contribution in [2.75, 3.05) is 13.2 Å². The van der Waals surface area contributed by atoms with Crippen LogP contribution in [-0.2, 0) is 4.79 Å². The molecular formula is C22H27BrN2O4. The minimum atomic E-state index is -0.686. The molecule has 2 rings (SSSR count). The van der Waals surface area contributed by atoms with Gasteiger partial charge in [0, 0.05) is 16.1 Å². The highest BCUT2D eigenvalue weighted by atomic mass is 79.9. The lowest BCUT2D eigenvalue weighted by molar-refractivity contribution is -0.127. The third-order valence-electron chi connectivity index (χ3n) is 3.79. The van der Waals surface area contributed by atoms with Crippen molar-refractivity contribution < 1.29 is 19.0 Å². The normalized spacial score (nSPS) is 11.9. The lowest BCUT2D eigenvalue weighted by atomic mass is 10.2. The predicted octanol–water partition coefficient (Wildman–Crippen LogP) is 4.94. The number of carbonyl (C=O) groups is 1. The maximum atomic E-state index is 12.2. The van der Waals surface area contributed by atoms with E-state index in [1.165, 1.54) is 0 Å². The molecule has 1 unspecified atom stereocenters. The Bertz CT molecular complexity index is 809. The highest BCUT2D eigenvalue weighted by molar-refractivity contribution is 9.10. The van der Waals surface area contributed by atoms with Gasteiger partial charge >= 0.3 is 0 Å². The van der Waals surface area contributed by atoms with Gasteiger partial charge in [0.2, 0.25) is 0 Å². The van der Waals surface area contributed by atoms with Gasteiger partial charge in [-0.25, -0.2) is 5.43 Å². The average molecular weight is 463 g/mol. The summed E-state index contributed by atoms with van der Waals surface area (Å²) in [6.45, 7) is 7.00. The molecule has 0 aromatic heterocycles. The minimum Gasteiger partial charge on any atom is -0.493 e. The number of hydrogen-bond donors (Lipinski definition) is 1. The molecule has 0 saturated heterocycles.